The zero-order valence-electron chi connectivity index (χ0n) is 38.4. The lowest BCUT2D eigenvalue weighted by Crippen LogP contribution is -2.70. The lowest BCUT2D eigenvalue weighted by atomic mass is 9.94. The molecule has 0 aromatic heterocycles. The minimum atomic E-state index is -2.13. The summed E-state index contributed by atoms with van der Waals surface area (Å²) in [6, 6.07) is -1.71. The van der Waals surface area contributed by atoms with E-state index in [9.17, 15) is 86.2 Å². The van der Waals surface area contributed by atoms with Crippen LogP contribution in [0.2, 0.25) is 0 Å². The molecule has 0 aromatic carbocycles. The van der Waals surface area contributed by atoms with Crippen molar-refractivity contribution in [1.82, 2.24) is 5.32 Å². The molecule has 6 aliphatic heterocycles. The van der Waals surface area contributed by atoms with Gasteiger partial charge in [-0.1, -0.05) is 0 Å². The van der Waals surface area contributed by atoms with Crippen molar-refractivity contribution in [2.45, 2.75) is 219 Å². The number of hydrogen-bond acceptors (Lipinski definition) is 29. The number of rotatable bonds is 15. The van der Waals surface area contributed by atoms with Gasteiger partial charge in [0.2, 0.25) is 5.91 Å². The quantitative estimate of drug-likeness (QED) is 0.0677. The van der Waals surface area contributed by atoms with Crippen molar-refractivity contribution in [2.75, 3.05) is 19.8 Å². The van der Waals surface area contributed by atoms with Crippen molar-refractivity contribution in [3.8, 4) is 0 Å². The van der Waals surface area contributed by atoms with E-state index in [2.05, 4.69) is 5.32 Å². The predicted molar refractivity (Wildman–Crippen MR) is 216 cm³/mol. The molecule has 30 atom stereocenters. The van der Waals surface area contributed by atoms with Crippen molar-refractivity contribution in [3.05, 3.63) is 0 Å². The standard InChI is InChI=1S/C40H67NO29/c1-9-18(47)24(53)33(70-38-27(56)31(62-13(5)46)19(48)10(2)60-38)39(61-9)68-32-20(49)11(3)59-37(28(32)57)67-30-17(41-12(4)45)35(58)63-16(8-44)29(30)66-40-34(25(54)22(51)15(7-43)65-40)69-36-26(55)23(52)21(50)14(6-42)64-36/h9-11,14-40,42-44,47-58H,6-8H2,1-5H3,(H,41,45)/t9-,10-,11-,14+,15+,16+,17+,18-,19-,20-,21+,22+,23-,24+,25-,26+,27+,28+,29+,30+,31+,32+,33+,34+,35+,36+,37-,38-,39-,40+/m0/s1. The average molecular weight is 1030 g/mol. The number of esters is 1. The van der Waals surface area contributed by atoms with Gasteiger partial charge in [-0.3, -0.25) is 9.59 Å². The van der Waals surface area contributed by atoms with Gasteiger partial charge >= 0.3 is 5.97 Å². The molecule has 0 radical (unpaired) electrons. The third-order valence-corrected chi connectivity index (χ3v) is 13.0. The van der Waals surface area contributed by atoms with Gasteiger partial charge in [0.15, 0.2) is 43.8 Å². The molecule has 0 spiro atoms. The second kappa shape index (κ2) is 24.1. The fraction of sp³-hybridized carbons (Fsp3) is 0.950. The van der Waals surface area contributed by atoms with E-state index >= 15 is 0 Å². The number of carbonyl (C=O) groups is 2. The lowest BCUT2D eigenvalue weighted by molar-refractivity contribution is -0.400. The fourth-order valence-corrected chi connectivity index (χ4v) is 9.01. The molecule has 70 heavy (non-hydrogen) atoms. The molecule has 0 aromatic rings. The van der Waals surface area contributed by atoms with E-state index < -0.39 is 216 Å². The third kappa shape index (κ3) is 12.0. The molecule has 1 amide bonds. The van der Waals surface area contributed by atoms with Crippen molar-refractivity contribution < 1.29 is 143 Å². The van der Waals surface area contributed by atoms with Crippen LogP contribution < -0.4 is 5.32 Å². The van der Waals surface area contributed by atoms with Crippen LogP contribution >= 0.6 is 0 Å². The maximum atomic E-state index is 12.6. The third-order valence-electron chi connectivity index (χ3n) is 13.0. The highest BCUT2D eigenvalue weighted by atomic mass is 16.8. The summed E-state index contributed by atoms with van der Waals surface area (Å²) in [5, 5.41) is 165. The van der Waals surface area contributed by atoms with E-state index in [0.29, 0.717) is 0 Å². The van der Waals surface area contributed by atoms with E-state index in [1.807, 2.05) is 0 Å². The van der Waals surface area contributed by atoms with Crippen molar-refractivity contribution >= 4 is 11.9 Å². The zero-order chi connectivity index (χ0) is 51.8. The number of nitrogens with one attached hydrogen (secondary N) is 1. The Morgan fingerprint density at radius 2 is 0.800 bits per heavy atom. The fourth-order valence-electron chi connectivity index (χ4n) is 9.01. The van der Waals surface area contributed by atoms with Gasteiger partial charge in [0, 0.05) is 13.8 Å². The summed E-state index contributed by atoms with van der Waals surface area (Å²) in [5.41, 5.74) is 0. The lowest BCUT2D eigenvalue weighted by Gasteiger charge is -2.51. The van der Waals surface area contributed by atoms with Crippen molar-refractivity contribution in [3.63, 3.8) is 0 Å². The van der Waals surface area contributed by atoms with Crippen molar-refractivity contribution in [2.24, 2.45) is 0 Å². The first-order valence-corrected chi connectivity index (χ1v) is 22.6. The number of aliphatic hydroxyl groups excluding tert-OH is 15. The molecule has 16 N–H and O–H groups in total. The van der Waals surface area contributed by atoms with Crippen LogP contribution in [0.4, 0.5) is 0 Å². The number of hydrogen-bond donors (Lipinski definition) is 16. The molecule has 406 valence electrons. The van der Waals surface area contributed by atoms with Gasteiger partial charge in [0.05, 0.1) is 38.1 Å². The molecule has 0 aliphatic carbocycles. The molecule has 0 saturated carbocycles. The molecule has 30 heteroatoms. The minimum absolute atomic E-state index is 0.806. The Morgan fingerprint density at radius 3 is 1.33 bits per heavy atom. The van der Waals surface area contributed by atoms with E-state index in [1.54, 1.807) is 0 Å². The molecule has 6 heterocycles. The van der Waals surface area contributed by atoms with Gasteiger partial charge in [-0.05, 0) is 20.8 Å². The van der Waals surface area contributed by atoms with Crippen LogP contribution in [0.3, 0.4) is 0 Å². The highest BCUT2D eigenvalue weighted by Crippen LogP contribution is 2.38. The van der Waals surface area contributed by atoms with E-state index in [-0.39, 0.29) is 0 Å². The number of amides is 1. The zero-order valence-corrected chi connectivity index (χ0v) is 38.4. The van der Waals surface area contributed by atoms with Crippen LogP contribution in [0.1, 0.15) is 34.6 Å². The number of aliphatic hydroxyl groups is 15. The molecular weight excluding hydrogens is 958 g/mol. The Hall–Kier alpha value is -2.10. The van der Waals surface area contributed by atoms with Crippen LogP contribution in [-0.4, -0.2) is 292 Å². The van der Waals surface area contributed by atoms with Gasteiger partial charge in [-0.25, -0.2) is 0 Å². The molecule has 6 rings (SSSR count). The maximum Gasteiger partial charge on any atom is 0.303 e. The molecule has 0 bridgehead atoms. The number of ether oxygens (including phenoxy) is 12. The largest absolute Gasteiger partial charge is 0.457 e. The summed E-state index contributed by atoms with van der Waals surface area (Å²) in [5.74, 6) is -1.68. The topological polar surface area (TPSA) is 460 Å². The minimum Gasteiger partial charge on any atom is -0.457 e. The van der Waals surface area contributed by atoms with Crippen LogP contribution in [-0.2, 0) is 66.4 Å². The molecular formula is C40H67NO29. The highest BCUT2D eigenvalue weighted by molar-refractivity contribution is 5.73. The van der Waals surface area contributed by atoms with Gasteiger partial charge in [-0.2, -0.15) is 0 Å². The summed E-state index contributed by atoms with van der Waals surface area (Å²) in [7, 11) is 0. The monoisotopic (exact) mass is 1030 g/mol. The normalized spacial score (nSPS) is 51.4. The maximum absolute atomic E-state index is 12.6. The summed E-state index contributed by atoms with van der Waals surface area (Å²) in [6.45, 7) is 3.22. The van der Waals surface area contributed by atoms with Gasteiger partial charge < -0.3 is 139 Å². The number of carbonyl (C=O) groups excluding carboxylic acids is 2. The van der Waals surface area contributed by atoms with Gasteiger partial charge in [0.1, 0.15) is 122 Å². The van der Waals surface area contributed by atoms with Crippen LogP contribution in [0.5, 0.6) is 0 Å². The molecule has 6 fully saturated rings. The molecule has 6 aliphatic rings. The first-order chi connectivity index (χ1) is 32.9. The Morgan fingerprint density at radius 1 is 0.400 bits per heavy atom. The average Bonchev–Trinajstić information content (AvgIpc) is 3.31. The molecule has 0 unspecified atom stereocenters. The molecule has 30 nitrogen and oxygen atoms in total. The van der Waals surface area contributed by atoms with Crippen LogP contribution in [0, 0.1) is 0 Å². The predicted octanol–water partition coefficient (Wildman–Crippen LogP) is -10.3. The second-order valence-corrected chi connectivity index (χ2v) is 18.0. The first-order valence-electron chi connectivity index (χ1n) is 22.6. The SMILES string of the molecule is CC(=O)N[C@@H]1[C@@H](O[C@@H]2O[C@@H](C)[C@H](O)[C@@H](O[C@@H]3O[C@@H](C)[C@H](O)[C@@H](O)[C@H]3O[C@@H]3O[C@@H](C)[C@H](O)[C@@H](OC(C)=O)[C@H]3O)[C@H]2O)[C@H](O[C@H]2O[C@H](CO)[C@@H](O)[C@H](O)[C@H]2O[C@H]2O[C@H](CO)[C@@H](O)[C@H](O)[C@H]2O)[C@@H](CO)O[C@H]1O. The Labute approximate surface area is 398 Å². The van der Waals surface area contributed by atoms with Gasteiger partial charge in [0.25, 0.3) is 0 Å². The Balaban J connectivity index is 1.29. The van der Waals surface area contributed by atoms with Crippen LogP contribution in [0.25, 0.3) is 0 Å². The van der Waals surface area contributed by atoms with E-state index in [1.165, 1.54) is 20.8 Å². The van der Waals surface area contributed by atoms with E-state index in [0.717, 1.165) is 13.8 Å². The first kappa shape index (κ1) is 57.2. The van der Waals surface area contributed by atoms with Gasteiger partial charge in [-0.15, -0.1) is 0 Å². The van der Waals surface area contributed by atoms with Crippen LogP contribution in [0.15, 0.2) is 0 Å². The smallest absolute Gasteiger partial charge is 0.303 e. The highest BCUT2D eigenvalue weighted by Gasteiger charge is 2.58. The summed E-state index contributed by atoms with van der Waals surface area (Å²) in [6.07, 6.45) is -52.0. The Bertz CT molecular complexity index is 1690. The van der Waals surface area contributed by atoms with Crippen molar-refractivity contribution in [1.29, 1.82) is 0 Å². The second-order valence-electron chi connectivity index (χ2n) is 18.0. The summed E-state index contributed by atoms with van der Waals surface area (Å²) < 4.78 is 69.3. The molecule has 6 saturated heterocycles. The summed E-state index contributed by atoms with van der Waals surface area (Å²) >= 11 is 0. The van der Waals surface area contributed by atoms with E-state index in [4.69, 9.17) is 56.8 Å². The Kier molecular flexibility index (Phi) is 19.7. The summed E-state index contributed by atoms with van der Waals surface area (Å²) in [4.78, 5) is 24.4.